The van der Waals surface area contributed by atoms with Gasteiger partial charge in [0.25, 0.3) is 0 Å². The van der Waals surface area contributed by atoms with Gasteiger partial charge in [-0.2, -0.15) is 9.40 Å². The maximum atomic E-state index is 12.7. The quantitative estimate of drug-likeness (QED) is 0.707. The summed E-state index contributed by atoms with van der Waals surface area (Å²) in [6.45, 7) is 0.963. The Morgan fingerprint density at radius 2 is 1.85 bits per heavy atom. The molecule has 1 fully saturated rings. The van der Waals surface area contributed by atoms with Crippen LogP contribution < -0.4 is 5.69 Å². The summed E-state index contributed by atoms with van der Waals surface area (Å²) in [6, 6.07) is 12.3. The lowest BCUT2D eigenvalue weighted by Crippen LogP contribution is -2.39. The van der Waals surface area contributed by atoms with Gasteiger partial charge in [0.1, 0.15) is 10.8 Å². The molecule has 0 saturated carbocycles. The molecule has 4 rings (SSSR count). The SMILES string of the molecule is O=c1[nH]nc(CC2CCN(S(=O)(=O)c3ccccc3)CC2)n1-c1cccs1. The van der Waals surface area contributed by atoms with Gasteiger partial charge < -0.3 is 0 Å². The molecular formula is C18H20N4O3S2. The van der Waals surface area contributed by atoms with Crippen LogP contribution in [0.15, 0.2) is 57.5 Å². The lowest BCUT2D eigenvalue weighted by molar-refractivity contribution is 0.270. The zero-order valence-electron chi connectivity index (χ0n) is 14.6. The molecule has 2 aromatic heterocycles. The Kier molecular flexibility index (Phi) is 4.98. The van der Waals surface area contributed by atoms with E-state index in [-0.39, 0.29) is 5.69 Å². The first-order valence-electron chi connectivity index (χ1n) is 8.81. The van der Waals surface area contributed by atoms with Gasteiger partial charge in [0.05, 0.1) is 4.90 Å². The van der Waals surface area contributed by atoms with Crippen molar-refractivity contribution in [1.82, 2.24) is 19.1 Å². The summed E-state index contributed by atoms with van der Waals surface area (Å²) in [7, 11) is -3.44. The fraction of sp³-hybridized carbons (Fsp3) is 0.333. The Morgan fingerprint density at radius 1 is 1.11 bits per heavy atom. The normalized spacial score (nSPS) is 16.6. The van der Waals surface area contributed by atoms with E-state index in [9.17, 15) is 13.2 Å². The Morgan fingerprint density at radius 3 is 2.52 bits per heavy atom. The van der Waals surface area contributed by atoms with Gasteiger partial charge in [-0.3, -0.25) is 0 Å². The van der Waals surface area contributed by atoms with Gasteiger partial charge in [-0.1, -0.05) is 18.2 Å². The third-order valence-electron chi connectivity index (χ3n) is 4.89. The monoisotopic (exact) mass is 404 g/mol. The van der Waals surface area contributed by atoms with Gasteiger partial charge in [-0.25, -0.2) is 22.9 Å². The van der Waals surface area contributed by atoms with Crippen LogP contribution in [0.4, 0.5) is 0 Å². The number of piperidine rings is 1. The molecule has 1 aromatic carbocycles. The number of nitrogens with zero attached hydrogens (tertiary/aromatic N) is 3. The van der Waals surface area contributed by atoms with E-state index in [4.69, 9.17) is 0 Å². The first-order valence-corrected chi connectivity index (χ1v) is 11.1. The minimum absolute atomic E-state index is 0.239. The van der Waals surface area contributed by atoms with Crippen molar-refractivity contribution in [2.24, 2.45) is 5.92 Å². The second-order valence-electron chi connectivity index (χ2n) is 6.60. The topological polar surface area (TPSA) is 88.1 Å². The molecule has 7 nitrogen and oxygen atoms in total. The molecule has 142 valence electrons. The number of thiophene rings is 1. The average Bonchev–Trinajstić information content (AvgIpc) is 3.33. The highest BCUT2D eigenvalue weighted by Crippen LogP contribution is 2.26. The van der Waals surface area contributed by atoms with Crippen molar-refractivity contribution in [2.45, 2.75) is 24.2 Å². The van der Waals surface area contributed by atoms with E-state index in [1.165, 1.54) is 11.3 Å². The Hall–Kier alpha value is -2.23. The molecule has 1 aliphatic heterocycles. The Labute approximate surface area is 161 Å². The molecule has 3 aromatic rings. The van der Waals surface area contributed by atoms with Gasteiger partial charge >= 0.3 is 5.69 Å². The summed E-state index contributed by atoms with van der Waals surface area (Å²) in [5, 5.41) is 9.47. The van der Waals surface area contributed by atoms with Crippen molar-refractivity contribution in [3.63, 3.8) is 0 Å². The number of hydrogen-bond acceptors (Lipinski definition) is 5. The predicted octanol–water partition coefficient (Wildman–Crippen LogP) is 2.27. The van der Waals surface area contributed by atoms with Crippen molar-refractivity contribution in [3.8, 4) is 5.00 Å². The molecule has 0 atom stereocenters. The van der Waals surface area contributed by atoms with Crippen molar-refractivity contribution < 1.29 is 8.42 Å². The number of hydrogen-bond donors (Lipinski definition) is 1. The average molecular weight is 405 g/mol. The molecule has 0 aliphatic carbocycles. The minimum atomic E-state index is -3.44. The largest absolute Gasteiger partial charge is 0.348 e. The lowest BCUT2D eigenvalue weighted by atomic mass is 9.94. The van der Waals surface area contributed by atoms with Gasteiger partial charge in [0.15, 0.2) is 0 Å². The van der Waals surface area contributed by atoms with Crippen molar-refractivity contribution in [1.29, 1.82) is 0 Å². The smallest absolute Gasteiger partial charge is 0.246 e. The molecule has 0 radical (unpaired) electrons. The van der Waals surface area contributed by atoms with E-state index >= 15 is 0 Å². The zero-order chi connectivity index (χ0) is 18.9. The maximum Gasteiger partial charge on any atom is 0.348 e. The molecule has 9 heteroatoms. The Balaban J connectivity index is 1.45. The number of H-pyrrole nitrogens is 1. The molecule has 0 bridgehead atoms. The Bertz CT molecular complexity index is 1050. The van der Waals surface area contributed by atoms with E-state index in [2.05, 4.69) is 10.2 Å². The summed E-state index contributed by atoms with van der Waals surface area (Å²) in [5.74, 6) is 0.993. The summed E-state index contributed by atoms with van der Waals surface area (Å²) >= 11 is 1.49. The van der Waals surface area contributed by atoms with E-state index in [1.54, 1.807) is 33.1 Å². The number of nitrogens with one attached hydrogen (secondary N) is 1. The van der Waals surface area contributed by atoms with Crippen LogP contribution in [0.1, 0.15) is 18.7 Å². The highest BCUT2D eigenvalue weighted by atomic mass is 32.2. The van der Waals surface area contributed by atoms with E-state index in [1.807, 2.05) is 23.6 Å². The summed E-state index contributed by atoms with van der Waals surface area (Å²) in [4.78, 5) is 12.4. The van der Waals surface area contributed by atoms with Crippen molar-refractivity contribution in [2.75, 3.05) is 13.1 Å². The highest BCUT2D eigenvalue weighted by molar-refractivity contribution is 7.89. The van der Waals surface area contributed by atoms with Gasteiger partial charge in [0.2, 0.25) is 10.0 Å². The molecule has 1 N–H and O–H groups in total. The van der Waals surface area contributed by atoms with Gasteiger partial charge in [0, 0.05) is 19.5 Å². The minimum Gasteiger partial charge on any atom is -0.246 e. The van der Waals surface area contributed by atoms with Crippen molar-refractivity contribution >= 4 is 21.4 Å². The standard InChI is InChI=1S/C18H20N4O3S2/c23-18-20-19-16(22(18)17-7-4-12-26-17)13-14-8-10-21(11-9-14)27(24,25)15-5-2-1-3-6-15/h1-7,12,14H,8-11,13H2,(H,20,23). The van der Waals surface area contributed by atoms with E-state index < -0.39 is 10.0 Å². The highest BCUT2D eigenvalue weighted by Gasteiger charge is 2.30. The number of aromatic amines is 1. The maximum absolute atomic E-state index is 12.7. The molecule has 1 saturated heterocycles. The number of rotatable bonds is 5. The number of sulfonamides is 1. The summed E-state index contributed by atoms with van der Waals surface area (Å²) < 4.78 is 28.6. The van der Waals surface area contributed by atoms with Crippen LogP contribution in [-0.4, -0.2) is 40.6 Å². The molecule has 3 heterocycles. The van der Waals surface area contributed by atoms with Gasteiger partial charge in [-0.15, -0.1) is 11.3 Å². The van der Waals surface area contributed by atoms with Crippen LogP contribution in [0.5, 0.6) is 0 Å². The number of aromatic nitrogens is 3. The molecule has 27 heavy (non-hydrogen) atoms. The van der Waals surface area contributed by atoms with Crippen LogP contribution in [0.25, 0.3) is 5.00 Å². The van der Waals surface area contributed by atoms with E-state index in [0.717, 1.165) is 17.8 Å². The van der Waals surface area contributed by atoms with Crippen LogP contribution in [0, 0.1) is 5.92 Å². The second-order valence-corrected chi connectivity index (χ2v) is 9.46. The van der Waals surface area contributed by atoms with Crippen LogP contribution in [0.3, 0.4) is 0 Å². The van der Waals surface area contributed by atoms with Gasteiger partial charge in [-0.05, 0) is 48.4 Å². The van der Waals surface area contributed by atoms with Crippen LogP contribution in [-0.2, 0) is 16.4 Å². The number of benzene rings is 1. The third kappa shape index (κ3) is 3.62. The second kappa shape index (κ2) is 7.41. The van der Waals surface area contributed by atoms with Crippen LogP contribution in [0.2, 0.25) is 0 Å². The molecule has 0 amide bonds. The lowest BCUT2D eigenvalue weighted by Gasteiger charge is -2.31. The predicted molar refractivity (Wildman–Crippen MR) is 104 cm³/mol. The first-order chi connectivity index (χ1) is 13.1. The molecule has 0 spiro atoms. The summed E-state index contributed by atoms with van der Waals surface area (Å²) in [6.07, 6.45) is 2.14. The third-order valence-corrected chi connectivity index (χ3v) is 7.66. The van der Waals surface area contributed by atoms with E-state index in [0.29, 0.717) is 36.1 Å². The first kappa shape index (κ1) is 18.1. The van der Waals surface area contributed by atoms with Crippen LogP contribution >= 0.6 is 11.3 Å². The molecular weight excluding hydrogens is 384 g/mol. The fourth-order valence-corrected chi connectivity index (χ4v) is 5.68. The van der Waals surface area contributed by atoms with Crippen molar-refractivity contribution in [3.05, 3.63) is 64.2 Å². The zero-order valence-corrected chi connectivity index (χ0v) is 16.2. The summed E-state index contributed by atoms with van der Waals surface area (Å²) in [5.41, 5.74) is -0.239. The fourth-order valence-electron chi connectivity index (χ4n) is 3.44. The molecule has 1 aliphatic rings. The molecule has 0 unspecified atom stereocenters.